The van der Waals surface area contributed by atoms with Gasteiger partial charge < -0.3 is 15.2 Å². The molecule has 3 aromatic rings. The molecule has 0 unspecified atom stereocenters. The van der Waals surface area contributed by atoms with E-state index in [2.05, 4.69) is 26.6 Å². The summed E-state index contributed by atoms with van der Waals surface area (Å²) in [7, 11) is 0. The van der Waals surface area contributed by atoms with Crippen molar-refractivity contribution in [3.8, 4) is 0 Å². The molecule has 4 nitrogen and oxygen atoms in total. The van der Waals surface area contributed by atoms with E-state index in [1.807, 2.05) is 48.0 Å². The predicted octanol–water partition coefficient (Wildman–Crippen LogP) is 5.07. The van der Waals surface area contributed by atoms with Crippen LogP contribution in [-0.4, -0.2) is 10.6 Å². The first kappa shape index (κ1) is 18.2. The van der Waals surface area contributed by atoms with Gasteiger partial charge in [-0.3, -0.25) is 0 Å². The molecule has 2 N–H and O–H groups in total. The Morgan fingerprint density at radius 1 is 1.15 bits per heavy atom. The van der Waals surface area contributed by atoms with Gasteiger partial charge in [0.1, 0.15) is 5.82 Å². The third-order valence-electron chi connectivity index (χ3n) is 4.04. The summed E-state index contributed by atoms with van der Waals surface area (Å²) in [5.74, 6) is -0.247. The fraction of sp³-hybridized carbons (Fsp3) is 0.150. The normalized spacial score (nSPS) is 10.6. The van der Waals surface area contributed by atoms with Gasteiger partial charge in [-0.1, -0.05) is 28.1 Å². The van der Waals surface area contributed by atoms with Gasteiger partial charge in [0.05, 0.1) is 6.54 Å². The summed E-state index contributed by atoms with van der Waals surface area (Å²) in [6.07, 6.45) is 1.94. The number of nitrogens with one attached hydrogen (secondary N) is 2. The minimum atomic E-state index is -0.263. The first-order valence-electron chi connectivity index (χ1n) is 8.21. The van der Waals surface area contributed by atoms with Crippen LogP contribution in [0.3, 0.4) is 0 Å². The van der Waals surface area contributed by atoms with Gasteiger partial charge in [-0.25, -0.2) is 9.18 Å². The quantitative estimate of drug-likeness (QED) is 0.600. The second kappa shape index (κ2) is 8.19. The molecule has 0 atom stereocenters. The lowest BCUT2D eigenvalue weighted by molar-refractivity contribution is 0.251. The zero-order chi connectivity index (χ0) is 18.5. The molecule has 1 aromatic heterocycles. The lowest BCUT2D eigenvalue weighted by Crippen LogP contribution is -2.29. The monoisotopic (exact) mass is 415 g/mol. The van der Waals surface area contributed by atoms with Crippen LogP contribution in [0.5, 0.6) is 0 Å². The van der Waals surface area contributed by atoms with E-state index in [9.17, 15) is 9.18 Å². The van der Waals surface area contributed by atoms with E-state index < -0.39 is 0 Å². The summed E-state index contributed by atoms with van der Waals surface area (Å²) in [6, 6.07) is 15.7. The highest BCUT2D eigenvalue weighted by Crippen LogP contribution is 2.19. The van der Waals surface area contributed by atoms with Crippen LogP contribution in [0, 0.1) is 12.7 Å². The third-order valence-corrected chi connectivity index (χ3v) is 4.93. The first-order chi connectivity index (χ1) is 12.5. The van der Waals surface area contributed by atoms with Crippen molar-refractivity contribution >= 4 is 27.6 Å². The third kappa shape index (κ3) is 4.73. The van der Waals surface area contributed by atoms with Crippen molar-refractivity contribution < 1.29 is 9.18 Å². The number of rotatable bonds is 5. The molecule has 6 heteroatoms. The van der Waals surface area contributed by atoms with E-state index in [4.69, 9.17) is 0 Å². The largest absolute Gasteiger partial charge is 0.345 e. The van der Waals surface area contributed by atoms with Crippen molar-refractivity contribution in [2.45, 2.75) is 20.0 Å². The topological polar surface area (TPSA) is 46.1 Å². The summed E-state index contributed by atoms with van der Waals surface area (Å²) in [5.41, 5.74) is 3.76. The number of urea groups is 1. The zero-order valence-corrected chi connectivity index (χ0v) is 15.9. The molecule has 134 valence electrons. The van der Waals surface area contributed by atoms with Crippen LogP contribution in [0.2, 0.25) is 0 Å². The molecular weight excluding hydrogens is 397 g/mol. The number of carbonyl (C=O) groups is 1. The number of amides is 2. The Hall–Kier alpha value is -2.60. The van der Waals surface area contributed by atoms with Crippen molar-refractivity contribution in [3.05, 3.63) is 87.9 Å². The van der Waals surface area contributed by atoms with Crippen LogP contribution in [0.25, 0.3) is 0 Å². The van der Waals surface area contributed by atoms with Crippen molar-refractivity contribution in [2.24, 2.45) is 0 Å². The van der Waals surface area contributed by atoms with E-state index >= 15 is 0 Å². The fourth-order valence-corrected chi connectivity index (χ4v) is 2.87. The van der Waals surface area contributed by atoms with Gasteiger partial charge in [0.2, 0.25) is 0 Å². The average molecular weight is 416 g/mol. The number of halogens is 2. The highest BCUT2D eigenvalue weighted by atomic mass is 79.9. The van der Waals surface area contributed by atoms with Gasteiger partial charge in [-0.05, 0) is 60.5 Å². The van der Waals surface area contributed by atoms with Gasteiger partial charge in [0.25, 0.3) is 0 Å². The summed E-state index contributed by atoms with van der Waals surface area (Å²) in [4.78, 5) is 12.1. The van der Waals surface area contributed by atoms with Crippen LogP contribution in [-0.2, 0) is 13.1 Å². The molecule has 2 aromatic carbocycles. The number of anilines is 1. The summed E-state index contributed by atoms with van der Waals surface area (Å²) >= 11 is 3.44. The summed E-state index contributed by atoms with van der Waals surface area (Å²) in [6.45, 7) is 2.99. The number of hydrogen-bond acceptors (Lipinski definition) is 1. The van der Waals surface area contributed by atoms with Gasteiger partial charge in [-0.2, -0.15) is 0 Å². The van der Waals surface area contributed by atoms with E-state index in [0.717, 1.165) is 27.0 Å². The Morgan fingerprint density at radius 3 is 2.65 bits per heavy atom. The minimum Gasteiger partial charge on any atom is -0.345 e. The van der Waals surface area contributed by atoms with Crippen LogP contribution in [0.1, 0.15) is 16.8 Å². The molecule has 0 aliphatic carbocycles. The molecule has 0 radical (unpaired) electrons. The molecule has 0 spiro atoms. The van der Waals surface area contributed by atoms with Crippen molar-refractivity contribution in [2.75, 3.05) is 5.32 Å². The maximum Gasteiger partial charge on any atom is 0.319 e. The number of benzene rings is 2. The molecule has 0 aliphatic rings. The molecule has 1 heterocycles. The zero-order valence-electron chi connectivity index (χ0n) is 14.3. The second-order valence-electron chi connectivity index (χ2n) is 6.03. The number of hydrogen-bond donors (Lipinski definition) is 2. The predicted molar refractivity (Wildman–Crippen MR) is 105 cm³/mol. The highest BCUT2D eigenvalue weighted by molar-refractivity contribution is 9.10. The maximum absolute atomic E-state index is 13.0. The van der Waals surface area contributed by atoms with Crippen LogP contribution in [0.4, 0.5) is 14.9 Å². The van der Waals surface area contributed by atoms with E-state index in [-0.39, 0.29) is 11.8 Å². The van der Waals surface area contributed by atoms with Crippen LogP contribution in [0.15, 0.2) is 65.3 Å². The minimum absolute atomic E-state index is 0.247. The average Bonchev–Trinajstić information content (AvgIpc) is 3.05. The molecular formula is C20H19BrFN3O. The van der Waals surface area contributed by atoms with E-state index in [1.54, 1.807) is 12.1 Å². The van der Waals surface area contributed by atoms with Gasteiger partial charge in [-0.15, -0.1) is 0 Å². The number of aromatic nitrogens is 1. The Morgan fingerprint density at radius 2 is 1.92 bits per heavy atom. The fourth-order valence-electron chi connectivity index (χ4n) is 2.62. The molecule has 26 heavy (non-hydrogen) atoms. The van der Waals surface area contributed by atoms with E-state index in [1.165, 1.54) is 12.1 Å². The summed E-state index contributed by atoms with van der Waals surface area (Å²) < 4.78 is 16.0. The summed E-state index contributed by atoms with van der Waals surface area (Å²) in [5, 5.41) is 5.69. The Kier molecular flexibility index (Phi) is 5.73. The SMILES string of the molecule is Cc1cc(NC(=O)NCc2cccn2Cc2ccc(F)cc2)ccc1Br. The van der Waals surface area contributed by atoms with Crippen molar-refractivity contribution in [1.29, 1.82) is 0 Å². The molecule has 0 saturated carbocycles. The number of carbonyl (C=O) groups excluding carboxylic acids is 1. The lowest BCUT2D eigenvalue weighted by Gasteiger charge is -2.12. The lowest BCUT2D eigenvalue weighted by atomic mass is 10.2. The van der Waals surface area contributed by atoms with Crippen LogP contribution < -0.4 is 10.6 Å². The second-order valence-corrected chi connectivity index (χ2v) is 6.88. The smallest absolute Gasteiger partial charge is 0.319 e. The highest BCUT2D eigenvalue weighted by Gasteiger charge is 2.06. The maximum atomic E-state index is 13.0. The van der Waals surface area contributed by atoms with Crippen LogP contribution >= 0.6 is 15.9 Å². The van der Waals surface area contributed by atoms with Crippen molar-refractivity contribution in [1.82, 2.24) is 9.88 Å². The number of nitrogens with zero attached hydrogens (tertiary/aromatic N) is 1. The standard InChI is InChI=1S/C20H19BrFN3O/c1-14-11-17(8-9-19(14)21)24-20(26)23-12-18-3-2-10-25(18)13-15-4-6-16(22)7-5-15/h2-11H,12-13H2,1H3,(H2,23,24,26). The van der Waals surface area contributed by atoms with Gasteiger partial charge in [0, 0.05) is 28.6 Å². The Bertz CT molecular complexity index is 906. The first-order valence-corrected chi connectivity index (χ1v) is 9.00. The molecule has 0 aliphatic heterocycles. The number of aryl methyl sites for hydroxylation is 1. The molecule has 0 saturated heterocycles. The molecule has 3 rings (SSSR count). The van der Waals surface area contributed by atoms with Crippen molar-refractivity contribution in [3.63, 3.8) is 0 Å². The Balaban J connectivity index is 1.58. The molecule has 0 bridgehead atoms. The van der Waals surface area contributed by atoms with Gasteiger partial charge in [0.15, 0.2) is 0 Å². The van der Waals surface area contributed by atoms with E-state index in [0.29, 0.717) is 13.1 Å². The molecule has 2 amide bonds. The molecule has 0 fully saturated rings. The Labute approximate surface area is 160 Å². The van der Waals surface area contributed by atoms with Gasteiger partial charge >= 0.3 is 6.03 Å².